The van der Waals surface area contributed by atoms with E-state index < -0.39 is 6.10 Å². The maximum atomic E-state index is 12.4. The molecule has 0 unspecified atom stereocenters. The minimum atomic E-state index is -0.583. The van der Waals surface area contributed by atoms with Gasteiger partial charge in [-0.05, 0) is 55.0 Å². The Kier molecular flexibility index (Phi) is 8.24. The molecule has 2 aromatic carbocycles. The first-order valence-corrected chi connectivity index (χ1v) is 13.6. The first kappa shape index (κ1) is 24.7. The van der Waals surface area contributed by atoms with Gasteiger partial charge in [-0.1, -0.05) is 66.4 Å². The lowest BCUT2D eigenvalue weighted by Crippen LogP contribution is -2.33. The second-order valence-electron chi connectivity index (χ2n) is 8.95. The Bertz CT molecular complexity index is 1170. The van der Waals surface area contributed by atoms with Crippen LogP contribution < -0.4 is 0 Å². The summed E-state index contributed by atoms with van der Waals surface area (Å²) in [5, 5.41) is 12.7. The molecular formula is C28H32N2O2S2. The number of hydrogen-bond donors (Lipinski definition) is 1. The van der Waals surface area contributed by atoms with Crippen LogP contribution in [-0.4, -0.2) is 45.3 Å². The topological polar surface area (TPSA) is 53.4 Å². The van der Waals surface area contributed by atoms with Crippen LogP contribution in [-0.2, 0) is 11.2 Å². The normalized spacial score (nSPS) is 17.1. The third-order valence-corrected chi connectivity index (χ3v) is 8.42. The number of carbonyl (C=O) groups excluding carboxylic acids is 1. The fourth-order valence-electron chi connectivity index (χ4n) is 4.24. The van der Waals surface area contributed by atoms with Crippen molar-refractivity contribution in [2.24, 2.45) is 0 Å². The van der Waals surface area contributed by atoms with Crippen LogP contribution >= 0.6 is 23.1 Å². The van der Waals surface area contributed by atoms with Gasteiger partial charge in [-0.3, -0.25) is 4.79 Å². The molecule has 0 aliphatic carbocycles. The van der Waals surface area contributed by atoms with E-state index >= 15 is 0 Å². The van der Waals surface area contributed by atoms with E-state index in [1.807, 2.05) is 29.4 Å². The zero-order valence-corrected chi connectivity index (χ0v) is 21.7. The molecule has 1 aromatic heterocycles. The summed E-state index contributed by atoms with van der Waals surface area (Å²) >= 11 is 3.35. The van der Waals surface area contributed by atoms with Crippen LogP contribution in [0.5, 0.6) is 0 Å². The van der Waals surface area contributed by atoms with Crippen molar-refractivity contribution in [1.82, 2.24) is 9.88 Å². The van der Waals surface area contributed by atoms with Gasteiger partial charge in [0.2, 0.25) is 5.91 Å². The predicted octanol–water partition coefficient (Wildman–Crippen LogP) is 5.98. The van der Waals surface area contributed by atoms with E-state index in [4.69, 9.17) is 0 Å². The molecule has 0 radical (unpaired) electrons. The molecular weight excluding hydrogens is 460 g/mol. The lowest BCUT2D eigenvalue weighted by molar-refractivity contribution is -0.128. The molecule has 1 saturated heterocycles. The minimum Gasteiger partial charge on any atom is -0.389 e. The first-order chi connectivity index (χ1) is 16.4. The highest BCUT2D eigenvalue weighted by Crippen LogP contribution is 2.26. The van der Waals surface area contributed by atoms with Crippen LogP contribution in [0.4, 0.5) is 0 Å². The average Bonchev–Trinajstić information content (AvgIpc) is 3.39. The van der Waals surface area contributed by atoms with Gasteiger partial charge in [0.25, 0.3) is 0 Å². The van der Waals surface area contributed by atoms with Crippen molar-refractivity contribution < 1.29 is 9.90 Å². The third-order valence-electron chi connectivity index (χ3n) is 6.30. The van der Waals surface area contributed by atoms with Gasteiger partial charge in [-0.2, -0.15) is 0 Å². The summed E-state index contributed by atoms with van der Waals surface area (Å²) in [6, 6.07) is 15.0. The molecule has 178 valence electrons. The van der Waals surface area contributed by atoms with Crippen molar-refractivity contribution in [1.29, 1.82) is 0 Å². The van der Waals surface area contributed by atoms with Crippen molar-refractivity contribution >= 4 is 29.0 Å². The highest BCUT2D eigenvalue weighted by atomic mass is 32.2. The van der Waals surface area contributed by atoms with Crippen molar-refractivity contribution in [2.45, 2.75) is 56.5 Å². The summed E-state index contributed by atoms with van der Waals surface area (Å²) in [7, 11) is 0. The number of hydrogen-bond acceptors (Lipinski definition) is 5. The van der Waals surface area contributed by atoms with E-state index in [1.165, 1.54) is 16.7 Å². The number of benzene rings is 2. The molecule has 4 rings (SSSR count). The molecule has 0 bridgehead atoms. The van der Waals surface area contributed by atoms with Crippen molar-refractivity contribution in [3.63, 3.8) is 0 Å². The van der Waals surface area contributed by atoms with Gasteiger partial charge >= 0.3 is 0 Å². The SMILES string of the molecule is Cc1csc(SCCN2C(=O)CC[C@@H]2/C=C/[C@@H](O)Cc2cccc(-c3ccc(C)c(C)c3)c2)n1. The number of rotatable bonds is 9. The zero-order chi connectivity index (χ0) is 24.1. The fraction of sp³-hybridized carbons (Fsp3) is 0.357. The van der Waals surface area contributed by atoms with Crippen molar-refractivity contribution in [2.75, 3.05) is 12.3 Å². The van der Waals surface area contributed by atoms with Gasteiger partial charge in [0, 0.05) is 36.2 Å². The van der Waals surface area contributed by atoms with E-state index in [2.05, 4.69) is 61.3 Å². The molecule has 1 aliphatic rings. The Labute approximate surface area is 210 Å². The van der Waals surface area contributed by atoms with Crippen LogP contribution in [0.15, 0.2) is 64.3 Å². The summed E-state index contributed by atoms with van der Waals surface area (Å²) in [5.41, 5.74) is 7.07. The van der Waals surface area contributed by atoms with Crippen LogP contribution in [0.1, 0.15) is 35.2 Å². The minimum absolute atomic E-state index is 0.0580. The third kappa shape index (κ3) is 6.38. The summed E-state index contributed by atoms with van der Waals surface area (Å²) in [6.07, 6.45) is 5.22. The Hall–Kier alpha value is -2.41. The summed E-state index contributed by atoms with van der Waals surface area (Å²) in [6.45, 7) is 6.95. The summed E-state index contributed by atoms with van der Waals surface area (Å²) < 4.78 is 1.05. The molecule has 34 heavy (non-hydrogen) atoms. The number of carbonyl (C=O) groups is 1. The number of thioether (sulfide) groups is 1. The fourth-order valence-corrected chi connectivity index (χ4v) is 6.10. The Morgan fingerprint density at radius 1 is 1.18 bits per heavy atom. The lowest BCUT2D eigenvalue weighted by Gasteiger charge is -2.22. The standard InChI is InChI=1S/C28H32N2O2S2/c1-19-7-8-24(15-20(19)2)23-6-4-5-22(16-23)17-26(31)11-9-25-10-12-27(32)30(25)13-14-33-28-29-21(3)18-34-28/h4-9,11,15-16,18,25-26,31H,10,12-14,17H2,1-3H3/b11-9+/t25-,26+/m0/s1. The smallest absolute Gasteiger partial charge is 0.223 e. The molecule has 1 N–H and O–H groups in total. The van der Waals surface area contributed by atoms with Crippen LogP contribution in [0, 0.1) is 20.8 Å². The molecule has 4 nitrogen and oxygen atoms in total. The molecule has 0 saturated carbocycles. The number of amides is 1. The van der Waals surface area contributed by atoms with Crippen LogP contribution in [0.3, 0.4) is 0 Å². The van der Waals surface area contributed by atoms with E-state index in [9.17, 15) is 9.90 Å². The monoisotopic (exact) mass is 492 g/mol. The van der Waals surface area contributed by atoms with Crippen LogP contribution in [0.25, 0.3) is 11.1 Å². The van der Waals surface area contributed by atoms with Crippen molar-refractivity contribution in [3.8, 4) is 11.1 Å². The molecule has 0 spiro atoms. The average molecular weight is 493 g/mol. The molecule has 3 aromatic rings. The number of aromatic nitrogens is 1. The number of aliphatic hydroxyl groups excluding tert-OH is 1. The van der Waals surface area contributed by atoms with E-state index in [0.29, 0.717) is 19.4 Å². The quantitative estimate of drug-likeness (QED) is 0.295. The first-order valence-electron chi connectivity index (χ1n) is 11.8. The molecule has 2 atom stereocenters. The Morgan fingerprint density at radius 2 is 2.00 bits per heavy atom. The molecule has 1 amide bonds. The number of nitrogens with zero attached hydrogens (tertiary/aromatic N) is 2. The van der Waals surface area contributed by atoms with Crippen molar-refractivity contribution in [3.05, 3.63) is 82.4 Å². The lowest BCUT2D eigenvalue weighted by atomic mass is 9.97. The predicted molar refractivity (Wildman–Crippen MR) is 143 cm³/mol. The number of likely N-dealkylation sites (tertiary alicyclic amines) is 1. The van der Waals surface area contributed by atoms with Gasteiger partial charge < -0.3 is 10.0 Å². The van der Waals surface area contributed by atoms with Gasteiger partial charge in [0.15, 0.2) is 0 Å². The molecule has 2 heterocycles. The Morgan fingerprint density at radius 3 is 2.76 bits per heavy atom. The van der Waals surface area contributed by atoms with E-state index in [0.717, 1.165) is 33.3 Å². The molecule has 1 aliphatic heterocycles. The highest BCUT2D eigenvalue weighted by molar-refractivity contribution is 8.01. The highest BCUT2D eigenvalue weighted by Gasteiger charge is 2.28. The number of aryl methyl sites for hydroxylation is 3. The number of thiazole rings is 1. The number of aliphatic hydroxyl groups is 1. The molecule has 6 heteroatoms. The van der Waals surface area contributed by atoms with Gasteiger partial charge in [0.1, 0.15) is 4.34 Å². The van der Waals surface area contributed by atoms with Crippen LogP contribution in [0.2, 0.25) is 0 Å². The van der Waals surface area contributed by atoms with E-state index in [-0.39, 0.29) is 11.9 Å². The second kappa shape index (κ2) is 11.3. The maximum absolute atomic E-state index is 12.4. The Balaban J connectivity index is 1.34. The summed E-state index contributed by atoms with van der Waals surface area (Å²) in [5.74, 6) is 1.03. The zero-order valence-electron chi connectivity index (χ0n) is 20.0. The van der Waals surface area contributed by atoms with Gasteiger partial charge in [0.05, 0.1) is 12.1 Å². The van der Waals surface area contributed by atoms with Gasteiger partial charge in [-0.15, -0.1) is 11.3 Å². The van der Waals surface area contributed by atoms with E-state index in [1.54, 1.807) is 23.1 Å². The molecule has 1 fully saturated rings. The second-order valence-corrected chi connectivity index (χ2v) is 11.2. The summed E-state index contributed by atoms with van der Waals surface area (Å²) in [4.78, 5) is 18.8. The largest absolute Gasteiger partial charge is 0.389 e. The van der Waals surface area contributed by atoms with Gasteiger partial charge in [-0.25, -0.2) is 4.98 Å². The maximum Gasteiger partial charge on any atom is 0.223 e.